The van der Waals surface area contributed by atoms with Gasteiger partial charge < -0.3 is 0 Å². The predicted octanol–water partition coefficient (Wildman–Crippen LogP) is 3.29. The zero-order chi connectivity index (χ0) is 10.8. The second-order valence-electron chi connectivity index (χ2n) is 4.51. The number of carbonyl (C=O) groups is 1. The Hall–Kier alpha value is -1.11. The van der Waals surface area contributed by atoms with Gasteiger partial charge in [-0.2, -0.15) is 0 Å². The highest BCUT2D eigenvalue weighted by molar-refractivity contribution is 5.94. The number of ketones is 1. The van der Waals surface area contributed by atoms with E-state index in [0.29, 0.717) is 0 Å². The summed E-state index contributed by atoms with van der Waals surface area (Å²) >= 11 is 0. The van der Waals surface area contributed by atoms with Crippen LogP contribution in [0.3, 0.4) is 0 Å². The Morgan fingerprint density at radius 2 is 2.29 bits per heavy atom. The van der Waals surface area contributed by atoms with Gasteiger partial charge in [0, 0.05) is 0 Å². The van der Waals surface area contributed by atoms with E-state index >= 15 is 0 Å². The van der Waals surface area contributed by atoms with Crippen LogP contribution in [0.25, 0.3) is 0 Å². The topological polar surface area (TPSA) is 17.1 Å². The molecule has 0 N–H and O–H groups in total. The second-order valence-corrected chi connectivity index (χ2v) is 4.51. The van der Waals surface area contributed by atoms with Crippen LogP contribution in [0, 0.1) is 11.3 Å². The van der Waals surface area contributed by atoms with Gasteiger partial charge in [-0.1, -0.05) is 38.7 Å². The summed E-state index contributed by atoms with van der Waals surface area (Å²) in [4.78, 5) is 11.8. The van der Waals surface area contributed by atoms with E-state index < -0.39 is 0 Å². The lowest BCUT2D eigenvalue weighted by molar-refractivity contribution is -0.120. The van der Waals surface area contributed by atoms with E-state index in [1.807, 2.05) is 13.0 Å². The maximum Gasteiger partial charge on any atom is 0.163 e. The highest BCUT2D eigenvalue weighted by Crippen LogP contribution is 2.40. The molecule has 1 nitrogen and oxygen atoms in total. The third-order valence-electron chi connectivity index (χ3n) is 2.74. The largest absolute Gasteiger partial charge is 0.294 e. The highest BCUT2D eigenvalue weighted by Gasteiger charge is 2.36. The minimum absolute atomic E-state index is 0.00241. The van der Waals surface area contributed by atoms with Gasteiger partial charge in [0.15, 0.2) is 5.78 Å². The molecule has 0 fully saturated rings. The van der Waals surface area contributed by atoms with E-state index in [9.17, 15) is 4.79 Å². The molecule has 0 aromatic heterocycles. The summed E-state index contributed by atoms with van der Waals surface area (Å²) < 4.78 is 0. The summed E-state index contributed by atoms with van der Waals surface area (Å²) in [6.07, 6.45) is 8.46. The molecule has 1 aliphatic carbocycles. The Morgan fingerprint density at radius 1 is 1.64 bits per heavy atom. The van der Waals surface area contributed by atoms with Gasteiger partial charge in [-0.25, -0.2) is 0 Å². The van der Waals surface area contributed by atoms with Gasteiger partial charge in [-0.3, -0.25) is 4.79 Å². The van der Waals surface area contributed by atoms with Crippen LogP contribution in [-0.4, -0.2) is 5.78 Å². The molecule has 0 aliphatic heterocycles. The van der Waals surface area contributed by atoms with Crippen molar-refractivity contribution in [1.29, 1.82) is 0 Å². The average Bonchev–Trinajstić information content (AvgIpc) is 2.02. The molecule has 0 aromatic rings. The Labute approximate surface area is 86.2 Å². The third kappa shape index (κ3) is 2.03. The lowest BCUT2D eigenvalue weighted by Gasteiger charge is -2.35. The summed E-state index contributed by atoms with van der Waals surface area (Å²) in [7, 11) is 0. The van der Waals surface area contributed by atoms with Crippen molar-refractivity contribution in [2.24, 2.45) is 11.3 Å². The highest BCUT2D eigenvalue weighted by atomic mass is 16.1. The van der Waals surface area contributed by atoms with Gasteiger partial charge in [0.1, 0.15) is 0 Å². The fourth-order valence-electron chi connectivity index (χ4n) is 2.06. The molecule has 0 saturated carbocycles. The predicted molar refractivity (Wildman–Crippen MR) is 60.0 cm³/mol. The van der Waals surface area contributed by atoms with Gasteiger partial charge >= 0.3 is 0 Å². The van der Waals surface area contributed by atoms with E-state index in [0.717, 1.165) is 12.0 Å². The van der Waals surface area contributed by atoms with E-state index in [-0.39, 0.29) is 17.1 Å². The molecular weight excluding hydrogens is 172 g/mol. The Morgan fingerprint density at radius 3 is 2.79 bits per heavy atom. The smallest absolute Gasteiger partial charge is 0.163 e. The van der Waals surface area contributed by atoms with E-state index in [1.165, 1.54) is 0 Å². The normalized spacial score (nSPS) is 25.6. The van der Waals surface area contributed by atoms with Crippen LogP contribution >= 0.6 is 0 Å². The summed E-state index contributed by atoms with van der Waals surface area (Å²) in [5, 5.41) is 0. The zero-order valence-corrected chi connectivity index (χ0v) is 9.21. The fraction of sp³-hybridized carbons (Fsp3) is 0.462. The first kappa shape index (κ1) is 11.0. The molecular formula is C13H18O. The zero-order valence-electron chi connectivity index (χ0n) is 9.21. The van der Waals surface area contributed by atoms with Crippen LogP contribution in [0.2, 0.25) is 0 Å². The van der Waals surface area contributed by atoms with Crippen molar-refractivity contribution in [2.45, 2.75) is 27.2 Å². The summed E-state index contributed by atoms with van der Waals surface area (Å²) in [5.41, 5.74) is 0.937. The first-order valence-corrected chi connectivity index (χ1v) is 5.01. The van der Waals surface area contributed by atoms with Crippen molar-refractivity contribution in [2.75, 3.05) is 0 Å². The van der Waals surface area contributed by atoms with Crippen LogP contribution in [0.4, 0.5) is 0 Å². The molecule has 1 aliphatic rings. The molecule has 1 unspecified atom stereocenters. The summed E-state index contributed by atoms with van der Waals surface area (Å²) in [6, 6.07) is 0. The molecule has 0 heterocycles. The Kier molecular flexibility index (Phi) is 3.10. The molecule has 0 spiro atoms. The van der Waals surface area contributed by atoms with Gasteiger partial charge in [-0.15, -0.1) is 0 Å². The van der Waals surface area contributed by atoms with Crippen LogP contribution in [0.5, 0.6) is 0 Å². The summed E-state index contributed by atoms with van der Waals surface area (Å²) in [6.45, 7) is 10.1. The Bertz CT molecular complexity index is 305. The SMILES string of the molecule is C=C1C=CCC(C)(C)C1C(=O)/C=C/C. The lowest BCUT2D eigenvalue weighted by Crippen LogP contribution is -2.32. The second kappa shape index (κ2) is 3.95. The molecule has 0 amide bonds. The molecule has 0 saturated heterocycles. The van der Waals surface area contributed by atoms with Crippen molar-refractivity contribution in [1.82, 2.24) is 0 Å². The van der Waals surface area contributed by atoms with Crippen molar-refractivity contribution < 1.29 is 4.79 Å². The van der Waals surface area contributed by atoms with Crippen LogP contribution in [0.15, 0.2) is 36.5 Å². The number of allylic oxidation sites excluding steroid dienone is 5. The van der Waals surface area contributed by atoms with E-state index in [4.69, 9.17) is 0 Å². The molecule has 0 radical (unpaired) electrons. The maximum absolute atomic E-state index is 11.8. The fourth-order valence-corrected chi connectivity index (χ4v) is 2.06. The number of hydrogen-bond donors (Lipinski definition) is 0. The van der Waals surface area contributed by atoms with Gasteiger partial charge in [0.2, 0.25) is 0 Å². The first-order valence-electron chi connectivity index (χ1n) is 5.01. The molecule has 14 heavy (non-hydrogen) atoms. The van der Waals surface area contributed by atoms with Crippen LogP contribution < -0.4 is 0 Å². The van der Waals surface area contributed by atoms with Gasteiger partial charge in [0.25, 0.3) is 0 Å². The Balaban J connectivity index is 2.99. The molecule has 0 bridgehead atoms. The molecule has 1 heteroatoms. The molecule has 76 valence electrons. The summed E-state index contributed by atoms with van der Waals surface area (Å²) in [5.74, 6) is 0.121. The third-order valence-corrected chi connectivity index (χ3v) is 2.74. The molecule has 1 rings (SSSR count). The number of rotatable bonds is 2. The number of carbonyl (C=O) groups excluding carboxylic acids is 1. The van der Waals surface area contributed by atoms with E-state index in [2.05, 4.69) is 26.5 Å². The van der Waals surface area contributed by atoms with Crippen molar-refractivity contribution in [3.63, 3.8) is 0 Å². The van der Waals surface area contributed by atoms with E-state index in [1.54, 1.807) is 12.2 Å². The van der Waals surface area contributed by atoms with Crippen LogP contribution in [0.1, 0.15) is 27.2 Å². The molecule has 1 atom stereocenters. The lowest BCUT2D eigenvalue weighted by atomic mass is 9.68. The monoisotopic (exact) mass is 190 g/mol. The van der Waals surface area contributed by atoms with Gasteiger partial charge in [-0.05, 0) is 30.4 Å². The van der Waals surface area contributed by atoms with Crippen LogP contribution in [-0.2, 0) is 4.79 Å². The average molecular weight is 190 g/mol. The van der Waals surface area contributed by atoms with Crippen molar-refractivity contribution >= 4 is 5.78 Å². The minimum Gasteiger partial charge on any atom is -0.294 e. The van der Waals surface area contributed by atoms with Gasteiger partial charge in [0.05, 0.1) is 5.92 Å². The quantitative estimate of drug-likeness (QED) is 0.611. The molecule has 0 aromatic carbocycles. The standard InChI is InChI=1S/C13H18O/c1-5-7-11(14)12-10(2)8-6-9-13(12,3)4/h5-8,12H,2,9H2,1,3-4H3/b7-5+. The number of hydrogen-bond acceptors (Lipinski definition) is 1. The maximum atomic E-state index is 11.8. The minimum atomic E-state index is -0.0521. The van der Waals surface area contributed by atoms with Crippen molar-refractivity contribution in [3.05, 3.63) is 36.5 Å². The van der Waals surface area contributed by atoms with Crippen molar-refractivity contribution in [3.8, 4) is 0 Å². The first-order chi connectivity index (χ1) is 6.49.